The van der Waals surface area contributed by atoms with Gasteiger partial charge in [-0.05, 0) is 53.6 Å². The summed E-state index contributed by atoms with van der Waals surface area (Å²) in [6, 6.07) is 0.560. The molecule has 4 heteroatoms. The van der Waals surface area contributed by atoms with Crippen molar-refractivity contribution in [1.29, 1.82) is 0 Å². The molecule has 0 aliphatic carbocycles. The van der Waals surface area contributed by atoms with Gasteiger partial charge < -0.3 is 15.0 Å². The van der Waals surface area contributed by atoms with Crippen molar-refractivity contribution in [2.45, 2.75) is 71.9 Å². The molecule has 0 aliphatic heterocycles. The Kier molecular flexibility index (Phi) is 9.86. The standard InChI is InChI=1S/C16H34N2O2/c1-7-10-12-18(14(4)8-2)13-11-16(5,17-6)15(19)20-9-3/h14,17H,7-13H2,1-6H3. The van der Waals surface area contributed by atoms with E-state index in [0.29, 0.717) is 12.6 Å². The van der Waals surface area contributed by atoms with Crippen LogP contribution in [0.15, 0.2) is 0 Å². The summed E-state index contributed by atoms with van der Waals surface area (Å²) in [7, 11) is 1.83. The van der Waals surface area contributed by atoms with Gasteiger partial charge in [0.1, 0.15) is 5.54 Å². The fourth-order valence-electron chi connectivity index (χ4n) is 2.16. The number of ether oxygens (including phenoxy) is 1. The number of nitrogens with one attached hydrogen (secondary N) is 1. The zero-order valence-corrected chi connectivity index (χ0v) is 14.3. The third-order valence-electron chi connectivity index (χ3n) is 4.19. The van der Waals surface area contributed by atoms with E-state index in [1.165, 1.54) is 12.8 Å². The molecule has 0 aromatic heterocycles. The fraction of sp³-hybridized carbons (Fsp3) is 0.938. The van der Waals surface area contributed by atoms with Gasteiger partial charge in [-0.3, -0.25) is 4.79 Å². The SMILES string of the molecule is CCCCN(CCC(C)(NC)C(=O)OCC)C(C)CC. The van der Waals surface area contributed by atoms with E-state index < -0.39 is 5.54 Å². The molecule has 0 rings (SSSR count). The molecule has 0 fully saturated rings. The molecule has 1 N–H and O–H groups in total. The molecule has 2 atom stereocenters. The highest BCUT2D eigenvalue weighted by Gasteiger charge is 2.33. The summed E-state index contributed by atoms with van der Waals surface area (Å²) in [4.78, 5) is 14.5. The molecule has 0 spiro atoms. The number of rotatable bonds is 11. The minimum Gasteiger partial charge on any atom is -0.465 e. The molecular formula is C16H34N2O2. The first kappa shape index (κ1) is 19.4. The Labute approximate surface area is 125 Å². The van der Waals surface area contributed by atoms with Crippen LogP contribution in [0.2, 0.25) is 0 Å². The van der Waals surface area contributed by atoms with Gasteiger partial charge in [0.25, 0.3) is 0 Å². The Morgan fingerprint density at radius 3 is 2.40 bits per heavy atom. The third-order valence-corrected chi connectivity index (χ3v) is 4.19. The molecule has 0 bridgehead atoms. The molecule has 0 saturated carbocycles. The predicted octanol–water partition coefficient (Wildman–Crippen LogP) is 2.82. The van der Waals surface area contributed by atoms with Crippen LogP contribution in [0.1, 0.15) is 60.3 Å². The summed E-state index contributed by atoms with van der Waals surface area (Å²) in [6.07, 6.45) is 4.32. The van der Waals surface area contributed by atoms with E-state index in [2.05, 4.69) is 31.0 Å². The summed E-state index contributed by atoms with van der Waals surface area (Å²) in [6.45, 7) is 12.9. The number of hydrogen-bond acceptors (Lipinski definition) is 4. The second-order valence-corrected chi connectivity index (χ2v) is 5.70. The number of carbonyl (C=O) groups is 1. The molecule has 20 heavy (non-hydrogen) atoms. The number of carbonyl (C=O) groups excluding carboxylic acids is 1. The van der Waals surface area contributed by atoms with Gasteiger partial charge in [-0.25, -0.2) is 0 Å². The van der Waals surface area contributed by atoms with Crippen LogP contribution in [0, 0.1) is 0 Å². The highest BCUT2D eigenvalue weighted by atomic mass is 16.5. The van der Waals surface area contributed by atoms with Crippen LogP contribution in [0.5, 0.6) is 0 Å². The molecule has 0 radical (unpaired) electrons. The smallest absolute Gasteiger partial charge is 0.326 e. The molecule has 0 saturated heterocycles. The minimum absolute atomic E-state index is 0.151. The summed E-state index contributed by atoms with van der Waals surface area (Å²) in [5.74, 6) is -0.151. The Morgan fingerprint density at radius 2 is 1.95 bits per heavy atom. The summed E-state index contributed by atoms with van der Waals surface area (Å²) in [5.41, 5.74) is -0.589. The van der Waals surface area contributed by atoms with E-state index in [-0.39, 0.29) is 5.97 Å². The Hall–Kier alpha value is -0.610. The average molecular weight is 286 g/mol. The van der Waals surface area contributed by atoms with Gasteiger partial charge in [0, 0.05) is 12.6 Å². The molecular weight excluding hydrogens is 252 g/mol. The topological polar surface area (TPSA) is 41.6 Å². The first-order valence-corrected chi connectivity index (χ1v) is 8.05. The van der Waals surface area contributed by atoms with E-state index in [1.807, 2.05) is 20.9 Å². The fourth-order valence-corrected chi connectivity index (χ4v) is 2.16. The zero-order chi connectivity index (χ0) is 15.6. The predicted molar refractivity (Wildman–Crippen MR) is 84.9 cm³/mol. The molecule has 4 nitrogen and oxygen atoms in total. The molecule has 0 amide bonds. The van der Waals surface area contributed by atoms with Crippen molar-refractivity contribution in [2.24, 2.45) is 0 Å². The first-order chi connectivity index (χ1) is 9.45. The highest BCUT2D eigenvalue weighted by molar-refractivity contribution is 5.80. The van der Waals surface area contributed by atoms with Crippen LogP contribution >= 0.6 is 0 Å². The molecule has 0 aliphatic rings. The van der Waals surface area contributed by atoms with Crippen molar-refractivity contribution in [3.05, 3.63) is 0 Å². The number of likely N-dealkylation sites (N-methyl/N-ethyl adjacent to an activating group) is 1. The van der Waals surface area contributed by atoms with Crippen molar-refractivity contribution >= 4 is 5.97 Å². The Bertz CT molecular complexity index is 271. The lowest BCUT2D eigenvalue weighted by molar-refractivity contribution is -0.150. The maximum absolute atomic E-state index is 12.1. The van der Waals surface area contributed by atoms with Gasteiger partial charge in [-0.1, -0.05) is 20.3 Å². The van der Waals surface area contributed by atoms with Gasteiger partial charge in [0.15, 0.2) is 0 Å². The van der Waals surface area contributed by atoms with Crippen LogP contribution in [0.25, 0.3) is 0 Å². The lowest BCUT2D eigenvalue weighted by atomic mass is 9.97. The van der Waals surface area contributed by atoms with Gasteiger partial charge >= 0.3 is 5.97 Å². The molecule has 0 aromatic rings. The minimum atomic E-state index is -0.589. The quantitative estimate of drug-likeness (QED) is 0.593. The second kappa shape index (κ2) is 10.2. The van der Waals surface area contributed by atoms with E-state index in [4.69, 9.17) is 4.74 Å². The van der Waals surface area contributed by atoms with E-state index in [9.17, 15) is 4.79 Å². The molecule has 0 aromatic carbocycles. The molecule has 2 unspecified atom stereocenters. The van der Waals surface area contributed by atoms with E-state index >= 15 is 0 Å². The van der Waals surface area contributed by atoms with Crippen molar-refractivity contribution in [3.8, 4) is 0 Å². The Balaban J connectivity index is 4.58. The maximum atomic E-state index is 12.1. The lowest BCUT2D eigenvalue weighted by Crippen LogP contribution is -2.51. The average Bonchev–Trinajstić information content (AvgIpc) is 2.46. The summed E-state index contributed by atoms with van der Waals surface area (Å²) in [5, 5.41) is 3.13. The van der Waals surface area contributed by atoms with Gasteiger partial charge in [0.05, 0.1) is 6.61 Å². The second-order valence-electron chi connectivity index (χ2n) is 5.70. The van der Waals surface area contributed by atoms with Crippen LogP contribution < -0.4 is 5.32 Å². The van der Waals surface area contributed by atoms with Crippen LogP contribution in [-0.2, 0) is 9.53 Å². The van der Waals surface area contributed by atoms with Crippen LogP contribution in [0.3, 0.4) is 0 Å². The van der Waals surface area contributed by atoms with Gasteiger partial charge in [0.2, 0.25) is 0 Å². The van der Waals surface area contributed by atoms with E-state index in [0.717, 1.165) is 25.9 Å². The Morgan fingerprint density at radius 1 is 1.30 bits per heavy atom. The number of hydrogen-bond donors (Lipinski definition) is 1. The molecule has 0 heterocycles. The zero-order valence-electron chi connectivity index (χ0n) is 14.3. The van der Waals surface area contributed by atoms with Crippen molar-refractivity contribution < 1.29 is 9.53 Å². The lowest BCUT2D eigenvalue weighted by Gasteiger charge is -2.33. The van der Waals surface area contributed by atoms with Crippen molar-refractivity contribution in [1.82, 2.24) is 10.2 Å². The van der Waals surface area contributed by atoms with Crippen molar-refractivity contribution in [3.63, 3.8) is 0 Å². The van der Waals surface area contributed by atoms with Gasteiger partial charge in [-0.2, -0.15) is 0 Å². The highest BCUT2D eigenvalue weighted by Crippen LogP contribution is 2.15. The van der Waals surface area contributed by atoms with Crippen LogP contribution in [0.4, 0.5) is 0 Å². The third kappa shape index (κ3) is 6.23. The van der Waals surface area contributed by atoms with Gasteiger partial charge in [-0.15, -0.1) is 0 Å². The maximum Gasteiger partial charge on any atom is 0.326 e. The number of unbranched alkanes of at least 4 members (excludes halogenated alkanes) is 1. The monoisotopic (exact) mass is 286 g/mol. The van der Waals surface area contributed by atoms with E-state index in [1.54, 1.807) is 0 Å². The first-order valence-electron chi connectivity index (χ1n) is 8.05. The van der Waals surface area contributed by atoms with Crippen LogP contribution in [-0.4, -0.2) is 49.2 Å². The number of esters is 1. The summed E-state index contributed by atoms with van der Waals surface area (Å²) >= 11 is 0. The molecule has 120 valence electrons. The summed E-state index contributed by atoms with van der Waals surface area (Å²) < 4.78 is 5.18. The van der Waals surface area contributed by atoms with Crippen molar-refractivity contribution in [2.75, 3.05) is 26.7 Å². The normalized spacial score (nSPS) is 15.9. The largest absolute Gasteiger partial charge is 0.465 e. The number of nitrogens with zero attached hydrogens (tertiary/aromatic N) is 1.